The Balaban J connectivity index is 1.51. The first kappa shape index (κ1) is 21.4. The predicted molar refractivity (Wildman–Crippen MR) is 118 cm³/mol. The third kappa shape index (κ3) is 5.83. The van der Waals surface area contributed by atoms with Crippen molar-refractivity contribution in [3.05, 3.63) is 59.7 Å². The summed E-state index contributed by atoms with van der Waals surface area (Å²) in [5, 5.41) is 8.68. The second-order valence-corrected chi connectivity index (χ2v) is 7.69. The van der Waals surface area contributed by atoms with Gasteiger partial charge in [-0.1, -0.05) is 6.07 Å². The second-order valence-electron chi connectivity index (χ2n) is 7.69. The quantitative estimate of drug-likeness (QED) is 0.657. The number of nitrogens with one attached hydrogen (secondary N) is 3. The molecule has 1 fully saturated rings. The third-order valence-electron chi connectivity index (χ3n) is 4.81. The highest BCUT2D eigenvalue weighted by Crippen LogP contribution is 2.16. The fourth-order valence-electron chi connectivity index (χ4n) is 3.31. The average Bonchev–Trinajstić information content (AvgIpc) is 3.26. The highest BCUT2D eigenvalue weighted by Gasteiger charge is 2.19. The van der Waals surface area contributed by atoms with Crippen molar-refractivity contribution in [1.29, 1.82) is 0 Å². The van der Waals surface area contributed by atoms with Crippen LogP contribution in [0, 0.1) is 0 Å². The summed E-state index contributed by atoms with van der Waals surface area (Å²) in [5.41, 5.74) is 2.48. The first-order valence-corrected chi connectivity index (χ1v) is 10.3. The Bertz CT molecular complexity index is 903. The molecule has 0 aromatic heterocycles. The molecule has 1 aliphatic rings. The first-order valence-electron chi connectivity index (χ1n) is 10.3. The molecule has 2 aromatic carbocycles. The van der Waals surface area contributed by atoms with E-state index in [2.05, 4.69) is 16.0 Å². The lowest BCUT2D eigenvalue weighted by Crippen LogP contribution is -2.30. The van der Waals surface area contributed by atoms with Gasteiger partial charge >= 0.3 is 0 Å². The molecular weight excluding hydrogens is 380 g/mol. The van der Waals surface area contributed by atoms with Gasteiger partial charge in [0.1, 0.15) is 0 Å². The Morgan fingerprint density at radius 1 is 0.933 bits per heavy atom. The number of likely N-dealkylation sites (tertiary alicyclic amines) is 1. The maximum atomic E-state index is 12.5. The molecule has 0 spiro atoms. The van der Waals surface area contributed by atoms with Crippen LogP contribution in [0.5, 0.6) is 0 Å². The van der Waals surface area contributed by atoms with Gasteiger partial charge < -0.3 is 20.9 Å². The van der Waals surface area contributed by atoms with E-state index in [0.29, 0.717) is 16.8 Å². The summed E-state index contributed by atoms with van der Waals surface area (Å²) >= 11 is 0. The number of nitrogens with zero attached hydrogens (tertiary/aromatic N) is 1. The lowest BCUT2D eigenvalue weighted by molar-refractivity contribution is -0.114. The molecule has 3 amide bonds. The van der Waals surface area contributed by atoms with Crippen molar-refractivity contribution in [2.24, 2.45) is 0 Å². The standard InChI is InChI=1S/C23H28N4O3/c1-16(2)25-22(29)17-8-10-19(11-9-17)24-15-21(28)26-20-7-5-6-18(14-20)23(30)27-12-3-4-13-27/h5-11,14,16,24H,3-4,12-13,15H2,1-2H3,(H,25,29)(H,26,28). The van der Waals surface area contributed by atoms with Crippen LogP contribution in [-0.4, -0.2) is 48.3 Å². The third-order valence-corrected chi connectivity index (χ3v) is 4.81. The van der Waals surface area contributed by atoms with E-state index in [0.717, 1.165) is 31.6 Å². The summed E-state index contributed by atoms with van der Waals surface area (Å²) in [5.74, 6) is -0.344. The first-order chi connectivity index (χ1) is 14.4. The number of rotatable bonds is 7. The zero-order chi connectivity index (χ0) is 21.5. The van der Waals surface area contributed by atoms with Crippen molar-refractivity contribution >= 4 is 29.1 Å². The fraction of sp³-hybridized carbons (Fsp3) is 0.348. The maximum absolute atomic E-state index is 12.5. The Hall–Kier alpha value is -3.35. The van der Waals surface area contributed by atoms with Crippen molar-refractivity contribution in [2.75, 3.05) is 30.3 Å². The van der Waals surface area contributed by atoms with E-state index in [-0.39, 0.29) is 30.3 Å². The minimum atomic E-state index is -0.220. The van der Waals surface area contributed by atoms with Crippen molar-refractivity contribution < 1.29 is 14.4 Å². The Kier molecular flexibility index (Phi) is 7.06. The maximum Gasteiger partial charge on any atom is 0.253 e. The predicted octanol–water partition coefficient (Wildman–Crippen LogP) is 3.11. The minimum Gasteiger partial charge on any atom is -0.376 e. The van der Waals surface area contributed by atoms with Crippen LogP contribution in [0.4, 0.5) is 11.4 Å². The molecule has 7 heteroatoms. The number of anilines is 2. The Labute approximate surface area is 176 Å². The number of hydrogen-bond acceptors (Lipinski definition) is 4. The van der Waals surface area contributed by atoms with Crippen LogP contribution in [0.15, 0.2) is 48.5 Å². The average molecular weight is 409 g/mol. The monoisotopic (exact) mass is 408 g/mol. The molecule has 0 radical (unpaired) electrons. The summed E-state index contributed by atoms with van der Waals surface area (Å²) in [6.45, 7) is 5.46. The van der Waals surface area contributed by atoms with E-state index >= 15 is 0 Å². The van der Waals surface area contributed by atoms with Gasteiger partial charge in [0, 0.05) is 41.6 Å². The zero-order valence-electron chi connectivity index (χ0n) is 17.4. The number of amides is 3. The van der Waals surface area contributed by atoms with E-state index < -0.39 is 0 Å². The van der Waals surface area contributed by atoms with E-state index in [1.165, 1.54) is 0 Å². The van der Waals surface area contributed by atoms with Gasteiger partial charge in [0.25, 0.3) is 11.8 Å². The Morgan fingerprint density at radius 3 is 2.30 bits per heavy atom. The Morgan fingerprint density at radius 2 is 1.63 bits per heavy atom. The van der Waals surface area contributed by atoms with E-state index in [1.54, 1.807) is 48.5 Å². The molecule has 0 unspecified atom stereocenters. The van der Waals surface area contributed by atoms with Crippen LogP contribution in [0.3, 0.4) is 0 Å². The van der Waals surface area contributed by atoms with E-state index in [1.807, 2.05) is 18.7 Å². The topological polar surface area (TPSA) is 90.5 Å². The smallest absolute Gasteiger partial charge is 0.253 e. The summed E-state index contributed by atoms with van der Waals surface area (Å²) in [6.07, 6.45) is 2.08. The molecule has 1 saturated heterocycles. The number of hydrogen-bond donors (Lipinski definition) is 3. The highest BCUT2D eigenvalue weighted by molar-refractivity contribution is 5.98. The molecular formula is C23H28N4O3. The molecule has 158 valence electrons. The van der Waals surface area contributed by atoms with Crippen molar-refractivity contribution in [1.82, 2.24) is 10.2 Å². The molecule has 1 aliphatic heterocycles. The molecule has 1 heterocycles. The van der Waals surface area contributed by atoms with Crippen molar-refractivity contribution in [3.8, 4) is 0 Å². The number of carbonyl (C=O) groups is 3. The van der Waals surface area contributed by atoms with Crippen LogP contribution >= 0.6 is 0 Å². The SMILES string of the molecule is CC(C)NC(=O)c1ccc(NCC(=O)Nc2cccc(C(=O)N3CCCC3)c2)cc1. The molecule has 7 nitrogen and oxygen atoms in total. The molecule has 0 bridgehead atoms. The summed E-state index contributed by atoms with van der Waals surface area (Å²) < 4.78 is 0. The normalized spacial score (nSPS) is 13.2. The second kappa shape index (κ2) is 9.91. The lowest BCUT2D eigenvalue weighted by atomic mass is 10.1. The van der Waals surface area contributed by atoms with Crippen LogP contribution in [-0.2, 0) is 4.79 Å². The van der Waals surface area contributed by atoms with Crippen molar-refractivity contribution in [2.45, 2.75) is 32.7 Å². The summed E-state index contributed by atoms with van der Waals surface area (Å²) in [6, 6.07) is 14.0. The van der Waals surface area contributed by atoms with Gasteiger partial charge in [-0.05, 0) is 69.2 Å². The summed E-state index contributed by atoms with van der Waals surface area (Å²) in [7, 11) is 0. The minimum absolute atomic E-state index is 0.00307. The van der Waals surface area contributed by atoms with Crippen LogP contribution in [0.2, 0.25) is 0 Å². The van der Waals surface area contributed by atoms with Crippen LogP contribution < -0.4 is 16.0 Å². The van der Waals surface area contributed by atoms with Crippen molar-refractivity contribution in [3.63, 3.8) is 0 Å². The largest absolute Gasteiger partial charge is 0.376 e. The number of benzene rings is 2. The molecule has 30 heavy (non-hydrogen) atoms. The molecule has 2 aromatic rings. The van der Waals surface area contributed by atoms with Gasteiger partial charge in [-0.2, -0.15) is 0 Å². The fourth-order valence-corrected chi connectivity index (χ4v) is 3.31. The molecule has 0 aliphatic carbocycles. The zero-order valence-corrected chi connectivity index (χ0v) is 17.4. The summed E-state index contributed by atoms with van der Waals surface area (Å²) in [4.78, 5) is 38.6. The lowest BCUT2D eigenvalue weighted by Gasteiger charge is -2.16. The van der Waals surface area contributed by atoms with E-state index in [4.69, 9.17) is 0 Å². The molecule has 3 N–H and O–H groups in total. The van der Waals surface area contributed by atoms with Gasteiger partial charge in [-0.15, -0.1) is 0 Å². The van der Waals surface area contributed by atoms with E-state index in [9.17, 15) is 14.4 Å². The van der Waals surface area contributed by atoms with Crippen LogP contribution in [0.1, 0.15) is 47.4 Å². The van der Waals surface area contributed by atoms with Crippen LogP contribution in [0.25, 0.3) is 0 Å². The molecule has 3 rings (SSSR count). The number of carbonyl (C=O) groups excluding carboxylic acids is 3. The molecule has 0 saturated carbocycles. The highest BCUT2D eigenvalue weighted by atomic mass is 16.2. The van der Waals surface area contributed by atoms with Gasteiger partial charge in [0.2, 0.25) is 5.91 Å². The van der Waals surface area contributed by atoms with Gasteiger partial charge in [0.15, 0.2) is 0 Å². The van der Waals surface area contributed by atoms with Gasteiger partial charge in [0.05, 0.1) is 6.54 Å². The van der Waals surface area contributed by atoms with Gasteiger partial charge in [-0.3, -0.25) is 14.4 Å². The molecule has 0 atom stereocenters. The van der Waals surface area contributed by atoms with Gasteiger partial charge in [-0.25, -0.2) is 0 Å².